The molecule has 0 spiro atoms. The highest BCUT2D eigenvalue weighted by Crippen LogP contribution is 2.32. The van der Waals surface area contributed by atoms with Gasteiger partial charge in [-0.2, -0.15) is 0 Å². The van der Waals surface area contributed by atoms with E-state index in [2.05, 4.69) is 21.3 Å². The Kier molecular flexibility index (Phi) is 11.0. The third kappa shape index (κ3) is 7.72. The van der Waals surface area contributed by atoms with Crippen LogP contribution in [0.25, 0.3) is 20.2 Å². The summed E-state index contributed by atoms with van der Waals surface area (Å²) >= 11 is 15.2. The molecule has 0 radical (unpaired) electrons. The van der Waals surface area contributed by atoms with E-state index in [-0.39, 0.29) is 23.9 Å². The van der Waals surface area contributed by atoms with E-state index in [0.717, 1.165) is 75.4 Å². The molecule has 0 saturated carbocycles. The summed E-state index contributed by atoms with van der Waals surface area (Å²) in [5.74, 6) is 0.00642. The van der Waals surface area contributed by atoms with Crippen LogP contribution < -0.4 is 21.3 Å². The van der Waals surface area contributed by atoms with E-state index >= 15 is 0 Å². The van der Waals surface area contributed by atoms with Gasteiger partial charge in [0.05, 0.1) is 9.75 Å². The number of hydrogen-bond acceptors (Lipinski definition) is 6. The third-order valence-electron chi connectivity index (χ3n) is 6.49. The molecule has 4 heterocycles. The number of nitrogens with one attached hydrogen (secondary N) is 4. The highest BCUT2D eigenvalue weighted by molar-refractivity contribution is 7.21. The van der Waals surface area contributed by atoms with Crippen LogP contribution in [0.1, 0.15) is 52.5 Å². The van der Waals surface area contributed by atoms with Crippen molar-refractivity contribution in [1.29, 1.82) is 0 Å². The van der Waals surface area contributed by atoms with Crippen LogP contribution in [-0.2, 0) is 0 Å². The second-order valence-electron chi connectivity index (χ2n) is 9.20. The van der Waals surface area contributed by atoms with E-state index in [0.29, 0.717) is 10.0 Å². The first kappa shape index (κ1) is 29.8. The molecule has 2 fully saturated rings. The van der Waals surface area contributed by atoms with Crippen molar-refractivity contribution in [2.75, 3.05) is 26.2 Å². The lowest BCUT2D eigenvalue weighted by Gasteiger charge is -2.23. The Morgan fingerprint density at radius 2 is 1.26 bits per heavy atom. The van der Waals surface area contributed by atoms with E-state index in [1.54, 1.807) is 0 Å². The second kappa shape index (κ2) is 14.4. The molecule has 6 rings (SSSR count). The van der Waals surface area contributed by atoms with E-state index < -0.39 is 0 Å². The van der Waals surface area contributed by atoms with Crippen molar-refractivity contribution in [2.24, 2.45) is 0 Å². The van der Waals surface area contributed by atoms with Crippen LogP contribution in [0, 0.1) is 0 Å². The van der Waals surface area contributed by atoms with Crippen LogP contribution >= 0.6 is 45.9 Å². The molecule has 2 atom stereocenters. The van der Waals surface area contributed by atoms with Crippen LogP contribution in [-0.4, -0.2) is 50.1 Å². The highest BCUT2D eigenvalue weighted by atomic mass is 35.5. The van der Waals surface area contributed by atoms with Gasteiger partial charge >= 0.3 is 0 Å². The summed E-state index contributed by atoms with van der Waals surface area (Å²) < 4.78 is 2.11. The maximum absolute atomic E-state index is 12.2. The maximum atomic E-state index is 12.2. The number of hydrogen-bond donors (Lipinski definition) is 4. The molecule has 2 unspecified atom stereocenters. The molecule has 2 aromatic heterocycles. The summed E-state index contributed by atoms with van der Waals surface area (Å²) in [4.78, 5) is 25.8. The van der Waals surface area contributed by atoms with Crippen molar-refractivity contribution in [3.8, 4) is 0 Å². The summed E-state index contributed by atoms with van der Waals surface area (Å²) in [7, 11) is 0. The van der Waals surface area contributed by atoms with Crippen LogP contribution in [0.15, 0.2) is 48.5 Å². The predicted octanol–water partition coefficient (Wildman–Crippen LogP) is 6.71. The van der Waals surface area contributed by atoms with E-state index in [1.807, 2.05) is 62.4 Å². The van der Waals surface area contributed by atoms with Crippen molar-refractivity contribution in [1.82, 2.24) is 21.3 Å². The SMILES string of the molecule is CC.O=C(NC1CCCNC1)c1cc2c(Cl)cccc2s1.O=C(NC1CCNC1)c1cc2c(Cl)cccc2s1. The lowest BCUT2D eigenvalue weighted by Crippen LogP contribution is -2.45. The van der Waals surface area contributed by atoms with E-state index in [1.165, 1.54) is 22.7 Å². The third-order valence-corrected chi connectivity index (χ3v) is 9.35. The predicted molar refractivity (Wildman–Crippen MR) is 167 cm³/mol. The fourth-order valence-electron chi connectivity index (χ4n) is 4.54. The average Bonchev–Trinajstić information content (AvgIpc) is 3.71. The molecular formula is C29H34Cl2N4O2S2. The minimum absolute atomic E-state index is 0.000895. The van der Waals surface area contributed by atoms with Crippen molar-refractivity contribution in [3.63, 3.8) is 0 Å². The summed E-state index contributed by atoms with van der Waals surface area (Å²) in [6.45, 7) is 7.74. The van der Waals surface area contributed by atoms with Crippen LogP contribution in [0.5, 0.6) is 0 Å². The fraction of sp³-hybridized carbons (Fsp3) is 0.379. The fourth-order valence-corrected chi connectivity index (χ4v) is 7.09. The van der Waals surface area contributed by atoms with Gasteiger partial charge in [0.25, 0.3) is 11.8 Å². The summed E-state index contributed by atoms with van der Waals surface area (Å²) in [5, 5.41) is 16.0. The first-order valence-corrected chi connectivity index (χ1v) is 15.8. The Labute approximate surface area is 247 Å². The zero-order valence-electron chi connectivity index (χ0n) is 22.1. The molecule has 208 valence electrons. The van der Waals surface area contributed by atoms with Crippen LogP contribution in [0.4, 0.5) is 0 Å². The van der Waals surface area contributed by atoms with Gasteiger partial charge in [-0.25, -0.2) is 0 Å². The highest BCUT2D eigenvalue weighted by Gasteiger charge is 2.20. The maximum Gasteiger partial charge on any atom is 0.261 e. The molecule has 2 aromatic carbocycles. The first-order chi connectivity index (χ1) is 19.0. The zero-order valence-corrected chi connectivity index (χ0v) is 25.3. The molecule has 6 nitrogen and oxygen atoms in total. The van der Waals surface area contributed by atoms with Crippen molar-refractivity contribution in [3.05, 3.63) is 68.3 Å². The minimum atomic E-state index is 0.000895. The van der Waals surface area contributed by atoms with Gasteiger partial charge in [-0.1, -0.05) is 49.2 Å². The Morgan fingerprint density at radius 3 is 1.69 bits per heavy atom. The van der Waals surface area contributed by atoms with Crippen molar-refractivity contribution < 1.29 is 9.59 Å². The number of amides is 2. The lowest BCUT2D eigenvalue weighted by molar-refractivity contribution is 0.0930. The molecule has 39 heavy (non-hydrogen) atoms. The molecule has 2 amide bonds. The van der Waals surface area contributed by atoms with E-state index in [9.17, 15) is 9.59 Å². The first-order valence-electron chi connectivity index (χ1n) is 13.4. The smallest absolute Gasteiger partial charge is 0.261 e. The summed E-state index contributed by atoms with van der Waals surface area (Å²) in [6.07, 6.45) is 3.16. The second-order valence-corrected chi connectivity index (χ2v) is 12.2. The van der Waals surface area contributed by atoms with Gasteiger partial charge in [-0.15, -0.1) is 22.7 Å². The molecule has 0 aliphatic carbocycles. The Balaban J connectivity index is 0.000000170. The number of piperidine rings is 1. The largest absolute Gasteiger partial charge is 0.347 e. The standard InChI is InChI=1S/C14H15ClN2OS.C13H13ClN2OS.C2H6/c15-11-4-1-5-12-10(11)7-13(19-12)14(18)17-9-3-2-6-16-8-9;14-10-2-1-3-11-9(10)6-12(18-11)13(17)16-8-4-5-15-7-8;1-2/h1,4-5,7,9,16H,2-3,6,8H2,(H,17,18);1-3,6,8,15H,4-5,7H2,(H,16,17);1-2H3. The summed E-state index contributed by atoms with van der Waals surface area (Å²) in [6, 6.07) is 15.7. The lowest BCUT2D eigenvalue weighted by atomic mass is 10.1. The topological polar surface area (TPSA) is 82.3 Å². The molecule has 4 N–H and O–H groups in total. The van der Waals surface area contributed by atoms with Gasteiger partial charge < -0.3 is 21.3 Å². The quantitative estimate of drug-likeness (QED) is 0.209. The number of halogens is 2. The van der Waals surface area contributed by atoms with Crippen LogP contribution in [0.3, 0.4) is 0 Å². The molecule has 2 aliphatic heterocycles. The Hall–Kier alpha value is -2.20. The molecule has 4 aromatic rings. The van der Waals surface area contributed by atoms with Crippen molar-refractivity contribution >= 4 is 77.9 Å². The number of carbonyl (C=O) groups is 2. The number of benzene rings is 2. The number of rotatable bonds is 4. The Morgan fingerprint density at radius 1 is 0.769 bits per heavy atom. The van der Waals surface area contributed by atoms with Crippen LogP contribution in [0.2, 0.25) is 10.0 Å². The van der Waals surface area contributed by atoms with Gasteiger partial charge in [0, 0.05) is 55.4 Å². The summed E-state index contributed by atoms with van der Waals surface area (Å²) in [5.41, 5.74) is 0. The minimum Gasteiger partial charge on any atom is -0.347 e. The molecular weight excluding hydrogens is 571 g/mol. The molecule has 10 heteroatoms. The van der Waals surface area contributed by atoms with Gasteiger partial charge in [0.15, 0.2) is 0 Å². The average molecular weight is 606 g/mol. The monoisotopic (exact) mass is 604 g/mol. The number of carbonyl (C=O) groups excluding carboxylic acids is 2. The van der Waals surface area contributed by atoms with Gasteiger partial charge in [0.1, 0.15) is 0 Å². The molecule has 2 saturated heterocycles. The van der Waals surface area contributed by atoms with E-state index in [4.69, 9.17) is 23.2 Å². The number of fused-ring (bicyclic) bond motifs is 2. The molecule has 0 bridgehead atoms. The molecule has 2 aliphatic rings. The van der Waals surface area contributed by atoms with Crippen molar-refractivity contribution in [2.45, 2.75) is 45.2 Å². The zero-order chi connectivity index (χ0) is 27.8. The van der Waals surface area contributed by atoms with Gasteiger partial charge in [0.2, 0.25) is 0 Å². The normalized spacial score (nSPS) is 18.6. The van der Waals surface area contributed by atoms with Gasteiger partial charge in [-0.3, -0.25) is 9.59 Å². The Bertz CT molecular complexity index is 1410. The van der Waals surface area contributed by atoms with Gasteiger partial charge in [-0.05, 0) is 68.8 Å². The number of thiophene rings is 2.